The van der Waals surface area contributed by atoms with E-state index in [1.165, 1.54) is 88.2 Å². The summed E-state index contributed by atoms with van der Waals surface area (Å²) in [5.74, 6) is -0.551. The van der Waals surface area contributed by atoms with Crippen LogP contribution in [0.3, 0.4) is 0 Å². The van der Waals surface area contributed by atoms with Crippen molar-refractivity contribution in [2.24, 2.45) is 33.5 Å². The van der Waals surface area contributed by atoms with Crippen LogP contribution in [0.4, 0.5) is 0 Å². The van der Waals surface area contributed by atoms with Crippen LogP contribution < -0.4 is 0 Å². The third-order valence-electron chi connectivity index (χ3n) is 16.7. The van der Waals surface area contributed by atoms with E-state index in [1.807, 2.05) is 24.3 Å². The van der Waals surface area contributed by atoms with Crippen molar-refractivity contribution in [2.45, 2.75) is 121 Å². The molecule has 8 fully saturated rings. The molecular formula is C51H54O4. The molecule has 0 spiro atoms. The van der Waals surface area contributed by atoms with Crippen molar-refractivity contribution < 1.29 is 19.8 Å². The molecule has 13 rings (SSSR count). The van der Waals surface area contributed by atoms with E-state index in [4.69, 9.17) is 0 Å². The first-order valence-corrected chi connectivity index (χ1v) is 21.0. The third-order valence-corrected chi connectivity index (χ3v) is 16.7. The van der Waals surface area contributed by atoms with Crippen LogP contribution in [-0.2, 0) is 16.2 Å². The standard InChI is InChI=1S/C51H54O4/c1-45-19-31-20-46(2,25-45)28-49(23-31,27-45)33-13-15-35-36-16-14-34(50-24-32-21-47(3,29-50)26-48(4,22-32)30-50)18-42(36)51(41(35)17-33,39-11-7-5-9-37(39)43(52)53)40-12-8-6-10-38(40)44(54)55/h5-18,31-32H,19-30H2,1-4H3,(H,52,53)(H,54,55). The lowest BCUT2D eigenvalue weighted by Gasteiger charge is -2.65. The zero-order valence-electron chi connectivity index (χ0n) is 32.9. The molecule has 0 aromatic heterocycles. The molecule has 4 aromatic rings. The largest absolute Gasteiger partial charge is 0.478 e. The Kier molecular flexibility index (Phi) is 6.57. The molecule has 55 heavy (non-hydrogen) atoms. The number of aromatic carboxylic acids is 2. The number of hydrogen-bond acceptors (Lipinski definition) is 2. The Balaban J connectivity index is 1.22. The summed E-state index contributed by atoms with van der Waals surface area (Å²) in [7, 11) is 0. The van der Waals surface area contributed by atoms with Crippen LogP contribution in [0.25, 0.3) is 11.1 Å². The maximum atomic E-state index is 13.4. The minimum atomic E-state index is -1.15. The molecule has 9 aliphatic carbocycles. The topological polar surface area (TPSA) is 74.6 Å². The van der Waals surface area contributed by atoms with Gasteiger partial charge in [0.05, 0.1) is 16.5 Å². The monoisotopic (exact) mass is 730 g/mol. The van der Waals surface area contributed by atoms with Gasteiger partial charge in [0.15, 0.2) is 0 Å². The molecule has 0 aliphatic heterocycles. The van der Waals surface area contributed by atoms with E-state index in [2.05, 4.69) is 64.1 Å². The molecule has 0 saturated heterocycles. The molecule has 8 bridgehead atoms. The predicted octanol–water partition coefficient (Wildman–Crippen LogP) is 11.9. The van der Waals surface area contributed by atoms with Gasteiger partial charge in [-0.2, -0.15) is 0 Å². The van der Waals surface area contributed by atoms with E-state index in [0.29, 0.717) is 44.6 Å². The van der Waals surface area contributed by atoms with Crippen molar-refractivity contribution in [2.75, 3.05) is 0 Å². The average Bonchev–Trinajstić information content (AvgIpc) is 3.38. The van der Waals surface area contributed by atoms with Crippen LogP contribution >= 0.6 is 0 Å². The zero-order chi connectivity index (χ0) is 38.0. The first-order valence-electron chi connectivity index (χ1n) is 21.0. The van der Waals surface area contributed by atoms with Crippen molar-refractivity contribution in [1.82, 2.24) is 0 Å². The molecule has 282 valence electrons. The molecule has 4 atom stereocenters. The predicted molar refractivity (Wildman–Crippen MR) is 216 cm³/mol. The van der Waals surface area contributed by atoms with Gasteiger partial charge in [0.2, 0.25) is 0 Å². The summed E-state index contributed by atoms with van der Waals surface area (Å²) in [5.41, 5.74) is 8.95. The molecule has 0 amide bonds. The quantitative estimate of drug-likeness (QED) is 0.182. The van der Waals surface area contributed by atoms with Gasteiger partial charge in [-0.05, 0) is 178 Å². The molecular weight excluding hydrogens is 677 g/mol. The summed E-state index contributed by atoms with van der Waals surface area (Å²) < 4.78 is 0. The molecule has 4 aromatic carbocycles. The minimum Gasteiger partial charge on any atom is -0.478 e. The molecule has 8 saturated carbocycles. The molecule has 4 heteroatoms. The van der Waals surface area contributed by atoms with Crippen LogP contribution in [0.15, 0.2) is 84.9 Å². The number of carboxylic acid groups (broad SMARTS) is 2. The molecule has 0 heterocycles. The Hall–Kier alpha value is -4.18. The summed E-state index contributed by atoms with van der Waals surface area (Å²) in [6, 6.07) is 29.2. The second kappa shape index (κ2) is 10.6. The van der Waals surface area contributed by atoms with Gasteiger partial charge in [-0.1, -0.05) is 100 Å². The van der Waals surface area contributed by atoms with Crippen LogP contribution in [0.5, 0.6) is 0 Å². The lowest BCUT2D eigenvalue weighted by Crippen LogP contribution is -2.56. The van der Waals surface area contributed by atoms with Crippen molar-refractivity contribution in [1.29, 1.82) is 0 Å². The molecule has 4 nitrogen and oxygen atoms in total. The number of carboxylic acids is 2. The highest BCUT2D eigenvalue weighted by Gasteiger charge is 2.63. The van der Waals surface area contributed by atoms with Gasteiger partial charge in [0.1, 0.15) is 0 Å². The first-order chi connectivity index (χ1) is 26.1. The lowest BCUT2D eigenvalue weighted by atomic mass is 9.39. The van der Waals surface area contributed by atoms with Crippen LogP contribution in [0, 0.1) is 33.5 Å². The summed E-state index contributed by atoms with van der Waals surface area (Å²) in [6.45, 7) is 10.1. The van der Waals surface area contributed by atoms with E-state index in [0.717, 1.165) is 22.3 Å². The number of hydrogen-bond donors (Lipinski definition) is 2. The zero-order valence-corrected chi connectivity index (χ0v) is 32.9. The van der Waals surface area contributed by atoms with E-state index in [9.17, 15) is 19.8 Å². The summed E-state index contributed by atoms with van der Waals surface area (Å²) in [6.07, 6.45) is 14.9. The Labute approximate surface area is 325 Å². The molecule has 2 N–H and O–H groups in total. The minimum absolute atomic E-state index is 0.0480. The van der Waals surface area contributed by atoms with Gasteiger partial charge in [-0.3, -0.25) is 0 Å². The van der Waals surface area contributed by atoms with Gasteiger partial charge < -0.3 is 10.2 Å². The van der Waals surface area contributed by atoms with Crippen LogP contribution in [0.1, 0.15) is 159 Å². The highest BCUT2D eigenvalue weighted by Crippen LogP contribution is 2.72. The second-order valence-electron chi connectivity index (χ2n) is 21.8. The van der Waals surface area contributed by atoms with Gasteiger partial charge >= 0.3 is 11.9 Å². The lowest BCUT2D eigenvalue weighted by molar-refractivity contribution is -0.110. The summed E-state index contributed by atoms with van der Waals surface area (Å²) >= 11 is 0. The maximum absolute atomic E-state index is 13.4. The van der Waals surface area contributed by atoms with Crippen molar-refractivity contribution in [3.63, 3.8) is 0 Å². The van der Waals surface area contributed by atoms with Crippen molar-refractivity contribution in [3.05, 3.63) is 129 Å². The molecule has 4 unspecified atom stereocenters. The van der Waals surface area contributed by atoms with E-state index in [1.54, 1.807) is 24.3 Å². The third kappa shape index (κ3) is 4.57. The van der Waals surface area contributed by atoms with Crippen molar-refractivity contribution in [3.8, 4) is 11.1 Å². The van der Waals surface area contributed by atoms with Gasteiger partial charge in [-0.25, -0.2) is 9.59 Å². The van der Waals surface area contributed by atoms with Gasteiger partial charge in [0.25, 0.3) is 0 Å². The highest BCUT2D eigenvalue weighted by molar-refractivity contribution is 5.97. The fraction of sp³-hybridized carbons (Fsp3) is 0.490. The SMILES string of the molecule is CC12CC3CC(C)(C1)CC(c1ccc4c(c1)C(c1ccccc1C(=O)O)(c1ccccc1C(=O)O)c1cc(C56CC7CC(C)(CC(C)(C7)C5)C6)ccc1-4)(C3)C2. The highest BCUT2D eigenvalue weighted by atomic mass is 16.4. The van der Waals surface area contributed by atoms with Gasteiger partial charge in [0, 0.05) is 0 Å². The second-order valence-corrected chi connectivity index (χ2v) is 21.8. The molecule has 0 radical (unpaired) electrons. The Bertz CT molecular complexity index is 2160. The van der Waals surface area contributed by atoms with Gasteiger partial charge in [-0.15, -0.1) is 0 Å². The molecule has 9 aliphatic rings. The maximum Gasteiger partial charge on any atom is 0.336 e. The van der Waals surface area contributed by atoms with E-state index in [-0.39, 0.29) is 22.0 Å². The summed E-state index contributed by atoms with van der Waals surface area (Å²) in [4.78, 5) is 26.8. The normalized spacial score (nSPS) is 38.2. The number of carbonyl (C=O) groups is 2. The number of benzene rings is 4. The van der Waals surface area contributed by atoms with E-state index >= 15 is 0 Å². The van der Waals surface area contributed by atoms with Crippen molar-refractivity contribution >= 4 is 11.9 Å². The van der Waals surface area contributed by atoms with Crippen LogP contribution in [-0.4, -0.2) is 22.2 Å². The summed E-state index contributed by atoms with van der Waals surface area (Å²) in [5, 5.41) is 22.0. The smallest absolute Gasteiger partial charge is 0.336 e. The Morgan fingerprint density at radius 2 is 0.836 bits per heavy atom. The fourth-order valence-electron chi connectivity index (χ4n) is 17.2. The Morgan fingerprint density at radius 1 is 0.473 bits per heavy atom. The van der Waals surface area contributed by atoms with E-state index < -0.39 is 17.4 Å². The number of fused-ring (bicyclic) bond motifs is 3. The Morgan fingerprint density at radius 3 is 1.18 bits per heavy atom. The number of rotatable bonds is 6. The first kappa shape index (κ1) is 34.1. The average molecular weight is 731 g/mol. The van der Waals surface area contributed by atoms with Crippen LogP contribution in [0.2, 0.25) is 0 Å². The fourth-order valence-corrected chi connectivity index (χ4v) is 17.2.